The number of aliphatic hydroxyl groups is 1. The van der Waals surface area contributed by atoms with E-state index >= 15 is 0 Å². The third kappa shape index (κ3) is 5.59. The van der Waals surface area contributed by atoms with Gasteiger partial charge in [-0.05, 0) is 62.4 Å². The lowest BCUT2D eigenvalue weighted by molar-refractivity contribution is -0.118. The van der Waals surface area contributed by atoms with Gasteiger partial charge in [-0.1, -0.05) is 42.5 Å². The summed E-state index contributed by atoms with van der Waals surface area (Å²) in [5.41, 5.74) is 3.36. The van der Waals surface area contributed by atoms with Gasteiger partial charge in [0.2, 0.25) is 5.91 Å². The molecule has 1 unspecified atom stereocenters. The molecule has 1 saturated heterocycles. The number of fused-ring (bicyclic) bond motifs is 1. The number of aliphatic hydroxyl groups excluding tert-OH is 1. The molecule has 5 heteroatoms. The number of hydrogen-bond acceptors (Lipinski definition) is 4. The SMILES string of the molecule is C=CCN1C(=O)CCc2c(OCC(O)CN3CCC(Cc4ccccc4)CC3)cccc21. The van der Waals surface area contributed by atoms with Gasteiger partial charge in [0.1, 0.15) is 18.5 Å². The van der Waals surface area contributed by atoms with Crippen LogP contribution in [-0.4, -0.2) is 54.8 Å². The highest BCUT2D eigenvalue weighted by molar-refractivity contribution is 5.97. The number of carbonyl (C=O) groups is 1. The van der Waals surface area contributed by atoms with Crippen LogP contribution in [0.1, 0.15) is 30.4 Å². The van der Waals surface area contributed by atoms with E-state index in [4.69, 9.17) is 4.74 Å². The molecule has 1 N–H and O–H groups in total. The molecule has 2 heterocycles. The molecule has 1 amide bonds. The largest absolute Gasteiger partial charge is 0.490 e. The van der Waals surface area contributed by atoms with Crippen LogP contribution in [0.5, 0.6) is 5.75 Å². The van der Waals surface area contributed by atoms with Gasteiger partial charge in [-0.15, -0.1) is 6.58 Å². The lowest BCUT2D eigenvalue weighted by atomic mass is 9.90. The number of benzene rings is 2. The van der Waals surface area contributed by atoms with Gasteiger partial charge in [0.25, 0.3) is 0 Å². The number of likely N-dealkylation sites (tertiary alicyclic amines) is 1. The van der Waals surface area contributed by atoms with Crippen LogP contribution in [-0.2, 0) is 17.6 Å². The summed E-state index contributed by atoms with van der Waals surface area (Å²) in [5, 5.41) is 10.6. The standard InChI is InChI=1S/C27H34N2O3/c1-2-15-29-25-9-6-10-26(24(25)11-12-27(29)31)32-20-23(30)19-28-16-13-22(14-17-28)18-21-7-4-3-5-8-21/h2-10,22-23,30H,1,11-20H2. The van der Waals surface area contributed by atoms with E-state index in [0.29, 0.717) is 25.9 Å². The summed E-state index contributed by atoms with van der Waals surface area (Å²) in [6.07, 6.45) is 5.83. The van der Waals surface area contributed by atoms with E-state index in [1.165, 1.54) is 18.4 Å². The highest BCUT2D eigenvalue weighted by Crippen LogP contribution is 2.34. The van der Waals surface area contributed by atoms with Gasteiger partial charge in [-0.2, -0.15) is 0 Å². The molecule has 0 bridgehead atoms. The predicted octanol–water partition coefficient (Wildman–Crippen LogP) is 3.85. The van der Waals surface area contributed by atoms with Crippen LogP contribution in [0.2, 0.25) is 0 Å². The first kappa shape index (κ1) is 22.6. The Labute approximate surface area is 191 Å². The zero-order valence-electron chi connectivity index (χ0n) is 18.8. The summed E-state index contributed by atoms with van der Waals surface area (Å²) in [6, 6.07) is 16.5. The molecule has 2 aliphatic heterocycles. The normalized spacial score (nSPS) is 18.3. The maximum absolute atomic E-state index is 12.3. The number of β-amino-alcohol motifs (C(OH)–C–C–N with tert-alkyl or cyclic N) is 1. The van der Waals surface area contributed by atoms with E-state index in [2.05, 4.69) is 41.8 Å². The molecule has 2 aliphatic rings. The van der Waals surface area contributed by atoms with Gasteiger partial charge in [0, 0.05) is 25.1 Å². The van der Waals surface area contributed by atoms with Gasteiger partial charge in [-0.3, -0.25) is 4.79 Å². The van der Waals surface area contributed by atoms with Crippen LogP contribution in [0.3, 0.4) is 0 Å². The number of carbonyl (C=O) groups excluding carboxylic acids is 1. The van der Waals surface area contributed by atoms with Gasteiger partial charge in [0.15, 0.2) is 0 Å². The summed E-state index contributed by atoms with van der Waals surface area (Å²) in [6.45, 7) is 7.20. The molecular weight excluding hydrogens is 400 g/mol. The molecule has 170 valence electrons. The molecule has 32 heavy (non-hydrogen) atoms. The Morgan fingerprint density at radius 3 is 2.62 bits per heavy atom. The van der Waals surface area contributed by atoms with Gasteiger partial charge >= 0.3 is 0 Å². The maximum atomic E-state index is 12.3. The van der Waals surface area contributed by atoms with Gasteiger partial charge in [0.05, 0.1) is 5.69 Å². The average Bonchev–Trinajstić information content (AvgIpc) is 2.81. The number of nitrogens with zero attached hydrogens (tertiary/aromatic N) is 2. The van der Waals surface area contributed by atoms with E-state index in [1.807, 2.05) is 18.2 Å². The van der Waals surface area contributed by atoms with E-state index < -0.39 is 6.10 Å². The summed E-state index contributed by atoms with van der Waals surface area (Å²) in [7, 11) is 0. The van der Waals surface area contributed by atoms with Gasteiger partial charge in [-0.25, -0.2) is 0 Å². The van der Waals surface area contributed by atoms with Crippen molar-refractivity contribution in [3.63, 3.8) is 0 Å². The van der Waals surface area contributed by atoms with Crippen molar-refractivity contribution in [3.05, 3.63) is 72.3 Å². The Kier molecular flexibility index (Phi) is 7.61. The van der Waals surface area contributed by atoms with Crippen molar-refractivity contribution in [2.75, 3.05) is 37.7 Å². The Morgan fingerprint density at radius 2 is 1.88 bits per heavy atom. The Morgan fingerprint density at radius 1 is 1.09 bits per heavy atom. The molecule has 0 aliphatic carbocycles. The van der Waals surface area contributed by atoms with Crippen molar-refractivity contribution >= 4 is 11.6 Å². The molecule has 0 saturated carbocycles. The summed E-state index contributed by atoms with van der Waals surface area (Å²) >= 11 is 0. The first-order chi connectivity index (χ1) is 15.6. The Bertz CT molecular complexity index is 906. The molecular formula is C27H34N2O3. The minimum atomic E-state index is -0.536. The van der Waals surface area contributed by atoms with E-state index in [-0.39, 0.29) is 12.5 Å². The predicted molar refractivity (Wildman–Crippen MR) is 128 cm³/mol. The molecule has 0 aromatic heterocycles. The third-order valence-corrected chi connectivity index (χ3v) is 6.58. The number of hydrogen-bond donors (Lipinski definition) is 1. The second kappa shape index (κ2) is 10.8. The number of piperidine rings is 1. The number of rotatable bonds is 9. The van der Waals surface area contributed by atoms with Crippen LogP contribution in [0.4, 0.5) is 5.69 Å². The van der Waals surface area contributed by atoms with Crippen molar-refractivity contribution in [1.29, 1.82) is 0 Å². The summed E-state index contributed by atoms with van der Waals surface area (Å²) in [4.78, 5) is 16.4. The first-order valence-corrected chi connectivity index (χ1v) is 11.7. The van der Waals surface area contributed by atoms with E-state index in [1.54, 1.807) is 11.0 Å². The zero-order chi connectivity index (χ0) is 22.3. The van der Waals surface area contributed by atoms with Crippen LogP contribution in [0.25, 0.3) is 0 Å². The summed E-state index contributed by atoms with van der Waals surface area (Å²) in [5.74, 6) is 1.61. The second-order valence-electron chi connectivity index (χ2n) is 8.95. The number of ether oxygens (including phenoxy) is 1. The van der Waals surface area contributed by atoms with Crippen molar-refractivity contribution < 1.29 is 14.6 Å². The molecule has 2 aromatic rings. The molecule has 0 radical (unpaired) electrons. The Hall–Kier alpha value is -2.63. The van der Waals surface area contributed by atoms with E-state index in [0.717, 1.165) is 42.4 Å². The lowest BCUT2D eigenvalue weighted by Crippen LogP contribution is -2.41. The fourth-order valence-electron chi connectivity index (χ4n) is 4.88. The van der Waals surface area contributed by atoms with Crippen LogP contribution in [0, 0.1) is 5.92 Å². The summed E-state index contributed by atoms with van der Waals surface area (Å²) < 4.78 is 6.03. The quantitative estimate of drug-likeness (QED) is 0.609. The number of anilines is 1. The van der Waals surface area contributed by atoms with Crippen LogP contribution in [0.15, 0.2) is 61.2 Å². The third-order valence-electron chi connectivity index (χ3n) is 6.58. The fourth-order valence-corrected chi connectivity index (χ4v) is 4.88. The minimum Gasteiger partial charge on any atom is -0.490 e. The zero-order valence-corrected chi connectivity index (χ0v) is 18.8. The smallest absolute Gasteiger partial charge is 0.227 e. The highest BCUT2D eigenvalue weighted by Gasteiger charge is 2.26. The molecule has 4 rings (SSSR count). The van der Waals surface area contributed by atoms with Crippen molar-refractivity contribution in [2.45, 2.75) is 38.2 Å². The molecule has 1 atom stereocenters. The first-order valence-electron chi connectivity index (χ1n) is 11.7. The van der Waals surface area contributed by atoms with Crippen molar-refractivity contribution in [2.24, 2.45) is 5.92 Å². The average molecular weight is 435 g/mol. The van der Waals surface area contributed by atoms with Crippen molar-refractivity contribution in [1.82, 2.24) is 4.90 Å². The van der Waals surface area contributed by atoms with Crippen LogP contribution < -0.4 is 9.64 Å². The fraction of sp³-hybridized carbons (Fsp3) is 0.444. The molecule has 0 spiro atoms. The minimum absolute atomic E-state index is 0.116. The van der Waals surface area contributed by atoms with Crippen molar-refractivity contribution in [3.8, 4) is 5.75 Å². The topological polar surface area (TPSA) is 53.0 Å². The van der Waals surface area contributed by atoms with E-state index in [9.17, 15) is 9.90 Å². The van der Waals surface area contributed by atoms with Gasteiger partial charge < -0.3 is 19.6 Å². The molecule has 1 fully saturated rings. The second-order valence-corrected chi connectivity index (χ2v) is 8.95. The monoisotopic (exact) mass is 434 g/mol. The Balaban J connectivity index is 1.26. The molecule has 2 aromatic carbocycles. The molecule has 5 nitrogen and oxygen atoms in total. The lowest BCUT2D eigenvalue weighted by Gasteiger charge is -2.33. The highest BCUT2D eigenvalue weighted by atomic mass is 16.5. The van der Waals surface area contributed by atoms with Crippen LogP contribution >= 0.6 is 0 Å². The maximum Gasteiger partial charge on any atom is 0.227 e. The number of amides is 1.